The van der Waals surface area contributed by atoms with E-state index >= 15 is 0 Å². The Balaban J connectivity index is 2.04. The Labute approximate surface area is 117 Å². The summed E-state index contributed by atoms with van der Waals surface area (Å²) in [6.07, 6.45) is 3.13. The van der Waals surface area contributed by atoms with E-state index in [1.54, 1.807) is 0 Å². The molecule has 1 aromatic rings. The SMILES string of the molecule is CC1CCC(NC(=O)c2ccc(S(=O)(=O)Cl)cc2)C1. The van der Waals surface area contributed by atoms with Crippen molar-refractivity contribution in [1.82, 2.24) is 5.32 Å². The van der Waals surface area contributed by atoms with Gasteiger partial charge in [-0.25, -0.2) is 8.42 Å². The first-order valence-electron chi connectivity index (χ1n) is 6.22. The van der Waals surface area contributed by atoms with Crippen molar-refractivity contribution in [2.24, 2.45) is 5.92 Å². The van der Waals surface area contributed by atoms with Gasteiger partial charge in [0.15, 0.2) is 0 Å². The number of rotatable bonds is 3. The number of halogens is 1. The number of carbonyl (C=O) groups excluding carboxylic acids is 1. The molecule has 4 nitrogen and oxygen atoms in total. The smallest absolute Gasteiger partial charge is 0.261 e. The first-order chi connectivity index (χ1) is 8.86. The lowest BCUT2D eigenvalue weighted by Gasteiger charge is -2.12. The fraction of sp³-hybridized carbons (Fsp3) is 0.462. The standard InChI is InChI=1S/C13H16ClNO3S/c1-9-2-5-11(8-9)15-13(16)10-3-6-12(7-4-10)19(14,17)18/h3-4,6-7,9,11H,2,5,8H2,1H3,(H,15,16). The minimum absolute atomic E-state index is 0.000190. The summed E-state index contributed by atoms with van der Waals surface area (Å²) in [5.41, 5.74) is 0.448. The molecule has 6 heteroatoms. The van der Waals surface area contributed by atoms with Crippen LogP contribution in [-0.2, 0) is 9.05 Å². The van der Waals surface area contributed by atoms with Crippen LogP contribution in [-0.4, -0.2) is 20.4 Å². The van der Waals surface area contributed by atoms with Crippen molar-refractivity contribution in [1.29, 1.82) is 0 Å². The van der Waals surface area contributed by atoms with Crippen LogP contribution in [0.15, 0.2) is 29.2 Å². The molecule has 0 saturated heterocycles. The molecule has 0 heterocycles. The Morgan fingerprint density at radius 2 is 1.89 bits per heavy atom. The second kappa shape index (κ2) is 5.51. The van der Waals surface area contributed by atoms with Gasteiger partial charge in [0.05, 0.1) is 4.90 Å². The molecule has 1 aliphatic carbocycles. The van der Waals surface area contributed by atoms with E-state index in [4.69, 9.17) is 10.7 Å². The molecule has 2 unspecified atom stereocenters. The predicted octanol–water partition coefficient (Wildman–Crippen LogP) is 2.53. The first kappa shape index (κ1) is 14.3. The highest BCUT2D eigenvalue weighted by Gasteiger charge is 2.23. The predicted molar refractivity (Wildman–Crippen MR) is 73.8 cm³/mol. The molecule has 2 atom stereocenters. The summed E-state index contributed by atoms with van der Waals surface area (Å²) in [5, 5.41) is 2.96. The summed E-state index contributed by atoms with van der Waals surface area (Å²) in [6.45, 7) is 2.17. The highest BCUT2D eigenvalue weighted by molar-refractivity contribution is 8.13. The Morgan fingerprint density at radius 3 is 2.37 bits per heavy atom. The second-order valence-electron chi connectivity index (χ2n) is 5.05. The van der Waals surface area contributed by atoms with Crippen molar-refractivity contribution in [3.8, 4) is 0 Å². The van der Waals surface area contributed by atoms with Crippen LogP contribution in [0.1, 0.15) is 36.5 Å². The highest BCUT2D eigenvalue weighted by atomic mass is 35.7. The molecule has 1 amide bonds. The lowest BCUT2D eigenvalue weighted by molar-refractivity contribution is 0.0937. The van der Waals surface area contributed by atoms with Crippen molar-refractivity contribution >= 4 is 25.6 Å². The minimum atomic E-state index is -3.73. The third-order valence-corrected chi connectivity index (χ3v) is 4.80. The monoisotopic (exact) mass is 301 g/mol. The first-order valence-corrected chi connectivity index (χ1v) is 8.53. The molecule has 0 aliphatic heterocycles. The Hall–Kier alpha value is -1.07. The van der Waals surface area contributed by atoms with Crippen LogP contribution in [0.2, 0.25) is 0 Å². The fourth-order valence-corrected chi connectivity index (χ4v) is 3.15. The summed E-state index contributed by atoms with van der Waals surface area (Å²) < 4.78 is 22.2. The van der Waals surface area contributed by atoms with E-state index in [1.807, 2.05) is 0 Å². The van der Waals surface area contributed by atoms with Gasteiger partial charge < -0.3 is 5.32 Å². The van der Waals surface area contributed by atoms with Gasteiger partial charge in [0, 0.05) is 22.3 Å². The summed E-state index contributed by atoms with van der Waals surface area (Å²) in [5.74, 6) is 0.478. The zero-order chi connectivity index (χ0) is 14.0. The van der Waals surface area contributed by atoms with Crippen LogP contribution in [0, 0.1) is 5.92 Å². The summed E-state index contributed by atoms with van der Waals surface area (Å²) in [4.78, 5) is 12.0. The lowest BCUT2D eigenvalue weighted by atomic mass is 10.1. The van der Waals surface area contributed by atoms with E-state index in [0.717, 1.165) is 19.3 Å². The van der Waals surface area contributed by atoms with E-state index in [1.165, 1.54) is 24.3 Å². The maximum Gasteiger partial charge on any atom is 0.261 e. The summed E-state index contributed by atoms with van der Waals surface area (Å²) in [7, 11) is 1.48. The van der Waals surface area contributed by atoms with Crippen molar-refractivity contribution in [3.63, 3.8) is 0 Å². The van der Waals surface area contributed by atoms with Gasteiger partial charge >= 0.3 is 0 Å². The number of nitrogens with one attached hydrogen (secondary N) is 1. The van der Waals surface area contributed by atoms with E-state index in [9.17, 15) is 13.2 Å². The molecule has 19 heavy (non-hydrogen) atoms. The van der Waals surface area contributed by atoms with Gasteiger partial charge in [0.2, 0.25) is 0 Å². The molecule has 1 aromatic carbocycles. The normalized spacial score (nSPS) is 23.3. The molecule has 1 saturated carbocycles. The summed E-state index contributed by atoms with van der Waals surface area (Å²) >= 11 is 0. The zero-order valence-electron chi connectivity index (χ0n) is 10.6. The van der Waals surface area contributed by atoms with Crippen LogP contribution in [0.5, 0.6) is 0 Å². The molecule has 0 bridgehead atoms. The number of benzene rings is 1. The maximum atomic E-state index is 12.0. The highest BCUT2D eigenvalue weighted by Crippen LogP contribution is 2.25. The number of hydrogen-bond acceptors (Lipinski definition) is 3. The van der Waals surface area contributed by atoms with E-state index in [-0.39, 0.29) is 16.8 Å². The van der Waals surface area contributed by atoms with Gasteiger partial charge in [0.25, 0.3) is 15.0 Å². The van der Waals surface area contributed by atoms with Crippen molar-refractivity contribution in [3.05, 3.63) is 29.8 Å². The Morgan fingerprint density at radius 1 is 1.26 bits per heavy atom. The molecule has 1 fully saturated rings. The van der Waals surface area contributed by atoms with Gasteiger partial charge in [0.1, 0.15) is 0 Å². The average molecular weight is 302 g/mol. The molecule has 0 aromatic heterocycles. The third kappa shape index (κ3) is 3.70. The van der Waals surface area contributed by atoms with Crippen LogP contribution in [0.3, 0.4) is 0 Å². The lowest BCUT2D eigenvalue weighted by Crippen LogP contribution is -2.32. The van der Waals surface area contributed by atoms with Crippen molar-refractivity contribution in [2.75, 3.05) is 0 Å². The van der Waals surface area contributed by atoms with Crippen molar-refractivity contribution < 1.29 is 13.2 Å². The second-order valence-corrected chi connectivity index (χ2v) is 7.62. The molecule has 1 aliphatic rings. The quantitative estimate of drug-likeness (QED) is 0.873. The molecule has 1 N–H and O–H groups in total. The molecule has 0 spiro atoms. The molecular formula is C13H16ClNO3S. The maximum absolute atomic E-state index is 12.0. The topological polar surface area (TPSA) is 63.2 Å². The van der Waals surface area contributed by atoms with E-state index in [0.29, 0.717) is 11.5 Å². The van der Waals surface area contributed by atoms with Crippen LogP contribution >= 0.6 is 10.7 Å². The minimum Gasteiger partial charge on any atom is -0.349 e. The fourth-order valence-electron chi connectivity index (χ4n) is 2.38. The van der Waals surface area contributed by atoms with Gasteiger partial charge in [-0.2, -0.15) is 0 Å². The third-order valence-electron chi connectivity index (χ3n) is 3.43. The van der Waals surface area contributed by atoms with Gasteiger partial charge in [-0.1, -0.05) is 6.92 Å². The number of hydrogen-bond donors (Lipinski definition) is 1. The average Bonchev–Trinajstić information content (AvgIpc) is 2.74. The van der Waals surface area contributed by atoms with Crippen molar-refractivity contribution in [2.45, 2.75) is 37.1 Å². The van der Waals surface area contributed by atoms with Crippen LogP contribution in [0.4, 0.5) is 0 Å². The molecule has 0 radical (unpaired) electrons. The molecular weight excluding hydrogens is 286 g/mol. The van der Waals surface area contributed by atoms with E-state index in [2.05, 4.69) is 12.2 Å². The largest absolute Gasteiger partial charge is 0.349 e. The van der Waals surface area contributed by atoms with Crippen LogP contribution in [0.25, 0.3) is 0 Å². The van der Waals surface area contributed by atoms with Gasteiger partial charge in [-0.3, -0.25) is 4.79 Å². The summed E-state index contributed by atoms with van der Waals surface area (Å²) in [6, 6.07) is 5.86. The molecule has 104 valence electrons. The van der Waals surface area contributed by atoms with Gasteiger partial charge in [-0.15, -0.1) is 0 Å². The number of carbonyl (C=O) groups is 1. The zero-order valence-corrected chi connectivity index (χ0v) is 12.2. The number of amides is 1. The Kier molecular flexibility index (Phi) is 4.16. The van der Waals surface area contributed by atoms with Gasteiger partial charge in [-0.05, 0) is 49.4 Å². The van der Waals surface area contributed by atoms with E-state index < -0.39 is 9.05 Å². The Bertz CT molecular complexity index is 568. The molecule has 2 rings (SSSR count). The van der Waals surface area contributed by atoms with Crippen LogP contribution < -0.4 is 5.32 Å².